The van der Waals surface area contributed by atoms with E-state index in [-0.39, 0.29) is 5.69 Å². The molecule has 1 amide bonds. The third-order valence-electron chi connectivity index (χ3n) is 2.26. The van der Waals surface area contributed by atoms with Gasteiger partial charge < -0.3 is 15.2 Å². The lowest BCUT2D eigenvalue weighted by Gasteiger charge is -2.19. The standard InChI is InChI=1S/C15H20N2O4/c1-15(2,3)21-14(20)16-10-5-4-7-11-8-6-9-12(17-11)13(18)19/h4,6-9H,5,10H2,1-3H3,(H,16,20)(H,18,19). The molecule has 0 aromatic carbocycles. The molecule has 1 rings (SSSR count). The number of hydrogen-bond donors (Lipinski definition) is 2. The van der Waals surface area contributed by atoms with Gasteiger partial charge in [0.05, 0.1) is 5.69 Å². The first-order chi connectivity index (χ1) is 9.78. The number of ether oxygens (including phenoxy) is 1. The Balaban J connectivity index is 2.37. The Morgan fingerprint density at radius 3 is 2.71 bits per heavy atom. The normalized spacial score (nSPS) is 11.4. The summed E-state index contributed by atoms with van der Waals surface area (Å²) in [6.07, 6.45) is 3.66. The molecule has 2 N–H and O–H groups in total. The number of carbonyl (C=O) groups is 2. The summed E-state index contributed by atoms with van der Waals surface area (Å²) >= 11 is 0. The first kappa shape index (κ1) is 16.7. The van der Waals surface area contributed by atoms with E-state index in [4.69, 9.17) is 9.84 Å². The molecule has 0 radical (unpaired) electrons. The highest BCUT2D eigenvalue weighted by atomic mass is 16.6. The number of alkyl carbamates (subject to hydrolysis) is 1. The largest absolute Gasteiger partial charge is 0.477 e. The molecular formula is C15H20N2O4. The van der Waals surface area contributed by atoms with Crippen LogP contribution in [-0.4, -0.2) is 34.3 Å². The van der Waals surface area contributed by atoms with Gasteiger partial charge in [0.25, 0.3) is 0 Å². The van der Waals surface area contributed by atoms with Crippen molar-refractivity contribution in [1.29, 1.82) is 0 Å². The van der Waals surface area contributed by atoms with Crippen LogP contribution in [0.1, 0.15) is 43.4 Å². The molecule has 0 aliphatic rings. The second kappa shape index (κ2) is 7.42. The molecule has 0 saturated heterocycles. The van der Waals surface area contributed by atoms with Gasteiger partial charge in [0.15, 0.2) is 0 Å². The summed E-state index contributed by atoms with van der Waals surface area (Å²) in [5, 5.41) is 11.5. The summed E-state index contributed by atoms with van der Waals surface area (Å²) in [5.74, 6) is -1.06. The van der Waals surface area contributed by atoms with Crippen LogP contribution in [0.2, 0.25) is 0 Å². The van der Waals surface area contributed by atoms with Crippen molar-refractivity contribution in [2.45, 2.75) is 32.8 Å². The number of hydrogen-bond acceptors (Lipinski definition) is 4. The van der Waals surface area contributed by atoms with Crippen LogP contribution < -0.4 is 5.32 Å². The highest BCUT2D eigenvalue weighted by Gasteiger charge is 2.15. The van der Waals surface area contributed by atoms with E-state index in [1.807, 2.05) is 6.08 Å². The van der Waals surface area contributed by atoms with Crippen molar-refractivity contribution in [2.24, 2.45) is 0 Å². The molecule has 0 aliphatic heterocycles. The number of rotatable bonds is 5. The van der Waals surface area contributed by atoms with Gasteiger partial charge >= 0.3 is 12.1 Å². The second-order valence-corrected chi connectivity index (χ2v) is 5.37. The lowest BCUT2D eigenvalue weighted by atomic mass is 10.2. The van der Waals surface area contributed by atoms with Crippen molar-refractivity contribution in [3.8, 4) is 0 Å². The SMILES string of the molecule is CC(C)(C)OC(=O)NCCC=Cc1cccc(C(=O)O)n1. The fourth-order valence-corrected chi connectivity index (χ4v) is 1.44. The van der Waals surface area contributed by atoms with Gasteiger partial charge in [-0.1, -0.05) is 12.1 Å². The Morgan fingerprint density at radius 2 is 2.10 bits per heavy atom. The minimum atomic E-state index is -1.06. The Bertz CT molecular complexity index is 533. The summed E-state index contributed by atoms with van der Waals surface area (Å²) in [5.41, 5.74) is 0.0531. The Hall–Kier alpha value is -2.37. The van der Waals surface area contributed by atoms with Crippen LogP contribution in [0.4, 0.5) is 4.79 Å². The van der Waals surface area contributed by atoms with Gasteiger partial charge in [-0.3, -0.25) is 0 Å². The fraction of sp³-hybridized carbons (Fsp3) is 0.400. The number of carbonyl (C=O) groups excluding carboxylic acids is 1. The van der Waals surface area contributed by atoms with Gasteiger partial charge in [-0.15, -0.1) is 0 Å². The molecule has 21 heavy (non-hydrogen) atoms. The van der Waals surface area contributed by atoms with Crippen molar-refractivity contribution in [3.05, 3.63) is 35.7 Å². The van der Waals surface area contributed by atoms with E-state index < -0.39 is 17.7 Å². The molecule has 114 valence electrons. The lowest BCUT2D eigenvalue weighted by Crippen LogP contribution is -2.32. The van der Waals surface area contributed by atoms with E-state index in [2.05, 4.69) is 10.3 Å². The lowest BCUT2D eigenvalue weighted by molar-refractivity contribution is 0.0528. The minimum Gasteiger partial charge on any atom is -0.477 e. The van der Waals surface area contributed by atoms with Crippen molar-refractivity contribution in [2.75, 3.05) is 6.54 Å². The van der Waals surface area contributed by atoms with E-state index in [9.17, 15) is 9.59 Å². The summed E-state index contributed by atoms with van der Waals surface area (Å²) in [7, 11) is 0. The predicted molar refractivity (Wildman–Crippen MR) is 79.1 cm³/mol. The highest BCUT2D eigenvalue weighted by molar-refractivity contribution is 5.85. The molecule has 0 aliphatic carbocycles. The maximum absolute atomic E-state index is 11.4. The zero-order valence-corrected chi connectivity index (χ0v) is 12.4. The monoisotopic (exact) mass is 292 g/mol. The molecule has 6 nitrogen and oxygen atoms in total. The van der Waals surface area contributed by atoms with Gasteiger partial charge in [0.2, 0.25) is 0 Å². The molecule has 6 heteroatoms. The maximum atomic E-state index is 11.4. The minimum absolute atomic E-state index is 0.00373. The zero-order valence-electron chi connectivity index (χ0n) is 12.4. The van der Waals surface area contributed by atoms with E-state index in [1.54, 1.807) is 39.0 Å². The first-order valence-corrected chi connectivity index (χ1v) is 6.62. The van der Waals surface area contributed by atoms with Crippen molar-refractivity contribution >= 4 is 18.1 Å². The number of nitrogens with zero attached hydrogens (tertiary/aromatic N) is 1. The molecule has 1 aromatic heterocycles. The van der Waals surface area contributed by atoms with Crippen LogP contribution >= 0.6 is 0 Å². The average Bonchev–Trinajstić information content (AvgIpc) is 2.36. The van der Waals surface area contributed by atoms with Crippen molar-refractivity contribution in [3.63, 3.8) is 0 Å². The van der Waals surface area contributed by atoms with E-state index in [1.165, 1.54) is 6.07 Å². The Labute approximate surface area is 123 Å². The van der Waals surface area contributed by atoms with Gasteiger partial charge in [-0.05, 0) is 45.4 Å². The molecule has 0 bridgehead atoms. The topological polar surface area (TPSA) is 88.5 Å². The molecule has 0 unspecified atom stereocenters. The summed E-state index contributed by atoms with van der Waals surface area (Å²) < 4.78 is 5.09. The van der Waals surface area contributed by atoms with E-state index in [0.717, 1.165) is 0 Å². The summed E-state index contributed by atoms with van der Waals surface area (Å²) in [6.45, 7) is 5.83. The number of pyridine rings is 1. The van der Waals surface area contributed by atoms with Gasteiger partial charge in [0, 0.05) is 6.54 Å². The second-order valence-electron chi connectivity index (χ2n) is 5.37. The van der Waals surface area contributed by atoms with E-state index >= 15 is 0 Å². The highest BCUT2D eigenvalue weighted by Crippen LogP contribution is 2.06. The van der Waals surface area contributed by atoms with E-state index in [0.29, 0.717) is 18.7 Å². The third kappa shape index (κ3) is 7.10. The zero-order chi connectivity index (χ0) is 15.9. The fourth-order valence-electron chi connectivity index (χ4n) is 1.44. The maximum Gasteiger partial charge on any atom is 0.407 e. The van der Waals surface area contributed by atoms with Crippen LogP contribution in [0.5, 0.6) is 0 Å². The van der Waals surface area contributed by atoms with Crippen molar-refractivity contribution < 1.29 is 19.4 Å². The molecule has 1 heterocycles. The molecule has 0 fully saturated rings. The first-order valence-electron chi connectivity index (χ1n) is 6.62. The number of amides is 1. The summed E-state index contributed by atoms with van der Waals surface area (Å²) in [4.78, 5) is 26.1. The molecular weight excluding hydrogens is 272 g/mol. The number of carboxylic acids is 1. The van der Waals surface area contributed by atoms with Crippen LogP contribution in [0, 0.1) is 0 Å². The van der Waals surface area contributed by atoms with Crippen LogP contribution in [0.25, 0.3) is 6.08 Å². The number of aromatic nitrogens is 1. The molecule has 0 saturated carbocycles. The average molecular weight is 292 g/mol. The van der Waals surface area contributed by atoms with Gasteiger partial charge in [-0.2, -0.15) is 0 Å². The Morgan fingerprint density at radius 1 is 1.38 bits per heavy atom. The molecule has 0 atom stereocenters. The van der Waals surface area contributed by atoms with Crippen LogP contribution in [0.15, 0.2) is 24.3 Å². The predicted octanol–water partition coefficient (Wildman–Crippen LogP) is 2.71. The Kier molecular flexibility index (Phi) is 5.90. The van der Waals surface area contributed by atoms with Crippen LogP contribution in [-0.2, 0) is 4.74 Å². The number of nitrogens with one attached hydrogen (secondary N) is 1. The summed E-state index contributed by atoms with van der Waals surface area (Å²) in [6, 6.07) is 4.78. The number of aromatic carboxylic acids is 1. The molecule has 0 spiro atoms. The quantitative estimate of drug-likeness (QED) is 0.814. The van der Waals surface area contributed by atoms with Crippen molar-refractivity contribution in [1.82, 2.24) is 10.3 Å². The van der Waals surface area contributed by atoms with Gasteiger partial charge in [-0.25, -0.2) is 14.6 Å². The van der Waals surface area contributed by atoms with Crippen LogP contribution in [0.3, 0.4) is 0 Å². The van der Waals surface area contributed by atoms with Gasteiger partial charge in [0.1, 0.15) is 11.3 Å². The third-order valence-corrected chi connectivity index (χ3v) is 2.26. The molecule has 1 aromatic rings. The number of carboxylic acid groups (broad SMARTS) is 1. The smallest absolute Gasteiger partial charge is 0.407 e.